The van der Waals surface area contributed by atoms with Gasteiger partial charge in [0.1, 0.15) is 0 Å². The van der Waals surface area contributed by atoms with E-state index in [1.165, 1.54) is 0 Å². The summed E-state index contributed by atoms with van der Waals surface area (Å²) in [6, 6.07) is 5.72. The first-order chi connectivity index (χ1) is 9.74. The van der Waals surface area contributed by atoms with Crippen LogP contribution in [0.5, 0.6) is 11.5 Å². The van der Waals surface area contributed by atoms with Crippen LogP contribution < -0.4 is 20.1 Å². The first-order valence-electron chi connectivity index (χ1n) is 7.02. The number of methoxy groups -OCH3 is 1. The lowest BCUT2D eigenvalue weighted by molar-refractivity contribution is -0.124. The normalized spacial score (nSPS) is 17.8. The molecule has 5 heteroatoms. The molecular formula is C15H22N2O3. The molecule has 0 aromatic heterocycles. The summed E-state index contributed by atoms with van der Waals surface area (Å²) in [7, 11) is 1.62. The summed E-state index contributed by atoms with van der Waals surface area (Å²) in [5.41, 5.74) is 1.01. The highest BCUT2D eigenvalue weighted by Gasteiger charge is 2.21. The predicted octanol–water partition coefficient (Wildman–Crippen LogP) is 1.32. The molecule has 0 spiro atoms. The molecule has 5 nitrogen and oxygen atoms in total. The zero-order chi connectivity index (χ0) is 14.4. The Morgan fingerprint density at radius 3 is 2.95 bits per heavy atom. The van der Waals surface area contributed by atoms with E-state index in [-0.39, 0.29) is 11.8 Å². The van der Waals surface area contributed by atoms with E-state index in [0.29, 0.717) is 24.7 Å². The van der Waals surface area contributed by atoms with Crippen molar-refractivity contribution >= 4 is 5.91 Å². The van der Waals surface area contributed by atoms with Crippen molar-refractivity contribution in [2.45, 2.75) is 19.9 Å². The van der Waals surface area contributed by atoms with Gasteiger partial charge in [0, 0.05) is 13.1 Å². The van der Waals surface area contributed by atoms with Crippen LogP contribution in [-0.4, -0.2) is 32.7 Å². The average molecular weight is 278 g/mol. The van der Waals surface area contributed by atoms with Crippen molar-refractivity contribution in [3.05, 3.63) is 23.8 Å². The van der Waals surface area contributed by atoms with Gasteiger partial charge in [0.15, 0.2) is 11.5 Å². The molecule has 110 valence electrons. The van der Waals surface area contributed by atoms with E-state index in [9.17, 15) is 4.79 Å². The topological polar surface area (TPSA) is 59.6 Å². The molecule has 1 aromatic rings. The molecule has 1 atom stereocenters. The number of carbonyl (C=O) groups is 1. The van der Waals surface area contributed by atoms with Gasteiger partial charge in [0.25, 0.3) is 0 Å². The molecule has 1 aliphatic rings. The third kappa shape index (κ3) is 3.63. The molecule has 2 rings (SSSR count). The predicted molar refractivity (Wildman–Crippen MR) is 77.0 cm³/mol. The fourth-order valence-corrected chi connectivity index (χ4v) is 2.31. The standard InChI is InChI=1S/C15H22N2O3/c1-3-20-14-8-11(4-5-13(14)19-2)9-17-15(18)12-6-7-16-10-12/h4-5,8,12,16H,3,6-7,9-10H2,1-2H3,(H,17,18). The molecule has 0 radical (unpaired) electrons. The SMILES string of the molecule is CCOc1cc(CNC(=O)C2CCNC2)ccc1OC. The van der Waals surface area contributed by atoms with E-state index in [4.69, 9.17) is 9.47 Å². The molecule has 1 heterocycles. The Labute approximate surface area is 119 Å². The molecule has 1 unspecified atom stereocenters. The minimum atomic E-state index is 0.0969. The van der Waals surface area contributed by atoms with Crippen LogP contribution in [0.25, 0.3) is 0 Å². The molecule has 0 aliphatic carbocycles. The van der Waals surface area contributed by atoms with Gasteiger partial charge in [-0.15, -0.1) is 0 Å². The molecule has 1 fully saturated rings. The molecule has 1 aromatic carbocycles. The van der Waals surface area contributed by atoms with Crippen LogP contribution in [-0.2, 0) is 11.3 Å². The van der Waals surface area contributed by atoms with Gasteiger partial charge < -0.3 is 20.1 Å². The van der Waals surface area contributed by atoms with Crippen LogP contribution in [0.1, 0.15) is 18.9 Å². The number of hydrogen-bond donors (Lipinski definition) is 2. The van der Waals surface area contributed by atoms with Crippen LogP contribution in [0.3, 0.4) is 0 Å². The molecule has 0 bridgehead atoms. The van der Waals surface area contributed by atoms with Crippen molar-refractivity contribution in [1.29, 1.82) is 0 Å². The molecule has 20 heavy (non-hydrogen) atoms. The summed E-state index contributed by atoms with van der Waals surface area (Å²) < 4.78 is 10.8. The molecule has 1 aliphatic heterocycles. The third-order valence-electron chi connectivity index (χ3n) is 3.43. The molecule has 2 N–H and O–H groups in total. The fourth-order valence-electron chi connectivity index (χ4n) is 2.31. The maximum atomic E-state index is 11.9. The minimum absolute atomic E-state index is 0.0969. The van der Waals surface area contributed by atoms with Crippen molar-refractivity contribution in [1.82, 2.24) is 10.6 Å². The lowest BCUT2D eigenvalue weighted by Gasteiger charge is -2.13. The highest BCUT2D eigenvalue weighted by atomic mass is 16.5. The van der Waals surface area contributed by atoms with Crippen molar-refractivity contribution in [2.24, 2.45) is 5.92 Å². The summed E-state index contributed by atoms with van der Waals surface area (Å²) in [5.74, 6) is 1.63. The number of carbonyl (C=O) groups excluding carboxylic acids is 1. The summed E-state index contributed by atoms with van der Waals surface area (Å²) in [6.07, 6.45) is 0.915. The van der Waals surface area contributed by atoms with Crippen molar-refractivity contribution in [3.63, 3.8) is 0 Å². The van der Waals surface area contributed by atoms with Gasteiger partial charge in [-0.05, 0) is 37.6 Å². The Balaban J connectivity index is 1.95. The van der Waals surface area contributed by atoms with Crippen molar-refractivity contribution in [3.8, 4) is 11.5 Å². The van der Waals surface area contributed by atoms with E-state index >= 15 is 0 Å². The van der Waals surface area contributed by atoms with Gasteiger partial charge in [0.05, 0.1) is 19.6 Å². The number of benzene rings is 1. The highest BCUT2D eigenvalue weighted by Crippen LogP contribution is 2.28. The zero-order valence-electron chi connectivity index (χ0n) is 12.1. The van der Waals surface area contributed by atoms with E-state index in [1.54, 1.807) is 7.11 Å². The minimum Gasteiger partial charge on any atom is -0.493 e. The van der Waals surface area contributed by atoms with Gasteiger partial charge in [-0.25, -0.2) is 0 Å². The summed E-state index contributed by atoms with van der Waals surface area (Å²) >= 11 is 0. The lowest BCUT2D eigenvalue weighted by Crippen LogP contribution is -2.31. The van der Waals surface area contributed by atoms with Gasteiger partial charge in [-0.3, -0.25) is 4.79 Å². The Morgan fingerprint density at radius 2 is 2.30 bits per heavy atom. The largest absolute Gasteiger partial charge is 0.493 e. The number of rotatable bonds is 6. The van der Waals surface area contributed by atoms with Gasteiger partial charge in [-0.1, -0.05) is 6.07 Å². The fraction of sp³-hybridized carbons (Fsp3) is 0.533. The quantitative estimate of drug-likeness (QED) is 0.824. The Hall–Kier alpha value is -1.75. The number of hydrogen-bond acceptors (Lipinski definition) is 4. The number of ether oxygens (including phenoxy) is 2. The van der Waals surface area contributed by atoms with Crippen molar-refractivity contribution in [2.75, 3.05) is 26.8 Å². The summed E-state index contributed by atoms with van der Waals surface area (Å²) in [5, 5.41) is 6.17. The Kier molecular flexibility index (Phi) is 5.24. The van der Waals surface area contributed by atoms with Gasteiger partial charge in [0.2, 0.25) is 5.91 Å². The van der Waals surface area contributed by atoms with Crippen LogP contribution in [0.15, 0.2) is 18.2 Å². The van der Waals surface area contributed by atoms with Gasteiger partial charge in [-0.2, -0.15) is 0 Å². The monoisotopic (exact) mass is 278 g/mol. The maximum Gasteiger partial charge on any atom is 0.224 e. The highest BCUT2D eigenvalue weighted by molar-refractivity contribution is 5.79. The van der Waals surface area contributed by atoms with Gasteiger partial charge >= 0.3 is 0 Å². The van der Waals surface area contributed by atoms with Crippen molar-refractivity contribution < 1.29 is 14.3 Å². The lowest BCUT2D eigenvalue weighted by atomic mass is 10.1. The summed E-state index contributed by atoms with van der Waals surface area (Å²) in [4.78, 5) is 11.9. The molecule has 0 saturated carbocycles. The van der Waals surface area contributed by atoms with Crippen LogP contribution in [0.2, 0.25) is 0 Å². The average Bonchev–Trinajstić information content (AvgIpc) is 2.99. The first-order valence-corrected chi connectivity index (χ1v) is 7.02. The van der Waals surface area contributed by atoms with E-state index < -0.39 is 0 Å². The van der Waals surface area contributed by atoms with Crippen LogP contribution in [0.4, 0.5) is 0 Å². The van der Waals surface area contributed by atoms with Crippen LogP contribution in [0, 0.1) is 5.92 Å². The summed E-state index contributed by atoms with van der Waals surface area (Å²) in [6.45, 7) is 4.73. The maximum absolute atomic E-state index is 11.9. The molecular weight excluding hydrogens is 256 g/mol. The third-order valence-corrected chi connectivity index (χ3v) is 3.43. The van der Waals surface area contributed by atoms with E-state index in [1.807, 2.05) is 25.1 Å². The number of nitrogens with one attached hydrogen (secondary N) is 2. The van der Waals surface area contributed by atoms with E-state index in [0.717, 1.165) is 25.1 Å². The first kappa shape index (κ1) is 14.7. The van der Waals surface area contributed by atoms with Crippen LogP contribution >= 0.6 is 0 Å². The second-order valence-corrected chi connectivity index (χ2v) is 4.83. The zero-order valence-corrected chi connectivity index (χ0v) is 12.1. The smallest absolute Gasteiger partial charge is 0.224 e. The second kappa shape index (κ2) is 7.14. The second-order valence-electron chi connectivity index (χ2n) is 4.83. The Bertz CT molecular complexity index is 456. The molecule has 1 saturated heterocycles. The number of amides is 1. The van der Waals surface area contributed by atoms with E-state index in [2.05, 4.69) is 10.6 Å². The molecule has 1 amide bonds. The Morgan fingerprint density at radius 1 is 1.45 bits per heavy atom.